The van der Waals surface area contributed by atoms with Crippen LogP contribution in [0.3, 0.4) is 0 Å². The Morgan fingerprint density at radius 3 is 2.44 bits per heavy atom. The number of carbonyl (C=O) groups excluding carboxylic acids is 2. The normalized spacial score (nSPS) is 21.9. The van der Waals surface area contributed by atoms with E-state index in [1.165, 1.54) is 0 Å². The highest BCUT2D eigenvalue weighted by Crippen LogP contribution is 2.27. The third-order valence-electron chi connectivity index (χ3n) is 4.49. The zero-order valence-corrected chi connectivity index (χ0v) is 16.4. The van der Waals surface area contributed by atoms with Crippen LogP contribution in [0.5, 0.6) is 0 Å². The lowest BCUT2D eigenvalue weighted by atomic mass is 10.0. The van der Waals surface area contributed by atoms with E-state index in [1.54, 1.807) is 13.8 Å². The Labute approximate surface area is 152 Å². The highest BCUT2D eigenvalue weighted by Gasteiger charge is 2.39. The van der Waals surface area contributed by atoms with Crippen LogP contribution in [-0.4, -0.2) is 48.0 Å². The second kappa shape index (κ2) is 6.95. The molecule has 0 aromatic carbocycles. The van der Waals surface area contributed by atoms with Gasteiger partial charge in [-0.2, -0.15) is 0 Å². The number of aromatic nitrogens is 1. The number of primary amides is 1. The zero-order valence-electron chi connectivity index (χ0n) is 14.8. The van der Waals surface area contributed by atoms with Crippen molar-refractivity contribution in [3.8, 4) is 0 Å². The predicted octanol–water partition coefficient (Wildman–Crippen LogP) is 0.891. The molecule has 0 bridgehead atoms. The maximum absolute atomic E-state index is 12.2. The van der Waals surface area contributed by atoms with Gasteiger partial charge < -0.3 is 11.1 Å². The maximum atomic E-state index is 12.2. The second-order valence-corrected chi connectivity index (χ2v) is 9.88. The number of thioether (sulfide) groups is 1. The molecule has 2 rings (SSSR count). The van der Waals surface area contributed by atoms with Crippen LogP contribution < -0.4 is 11.1 Å². The van der Waals surface area contributed by atoms with E-state index in [2.05, 4.69) is 10.3 Å². The van der Waals surface area contributed by atoms with E-state index in [4.69, 9.17) is 5.73 Å². The van der Waals surface area contributed by atoms with Gasteiger partial charge in [-0.3, -0.25) is 9.59 Å². The molecule has 0 spiro atoms. The van der Waals surface area contributed by atoms with E-state index in [0.717, 1.165) is 28.6 Å². The van der Waals surface area contributed by atoms with Crippen molar-refractivity contribution in [3.63, 3.8) is 0 Å². The first kappa shape index (κ1) is 19.7. The lowest BCUT2D eigenvalue weighted by Gasteiger charge is -2.23. The molecule has 1 aromatic heterocycles. The summed E-state index contributed by atoms with van der Waals surface area (Å²) < 4.78 is 23.2. The SMILES string of the molecule is Cc1nc(SCC(=O)N[C@]2(C)CCS(=O)(=O)C2)c(C(N)=O)c(C)c1C. The van der Waals surface area contributed by atoms with Gasteiger partial charge in [0.15, 0.2) is 9.84 Å². The summed E-state index contributed by atoms with van der Waals surface area (Å²) in [6.45, 7) is 7.24. The van der Waals surface area contributed by atoms with Crippen LogP contribution in [0.15, 0.2) is 5.03 Å². The van der Waals surface area contributed by atoms with E-state index in [-0.39, 0.29) is 23.2 Å². The van der Waals surface area contributed by atoms with Crippen molar-refractivity contribution in [1.82, 2.24) is 10.3 Å². The molecular weight excluding hydrogens is 362 g/mol. The second-order valence-electron chi connectivity index (χ2n) is 6.73. The number of nitrogens with two attached hydrogens (primary N) is 1. The molecule has 2 amide bonds. The van der Waals surface area contributed by atoms with Gasteiger partial charge in [0, 0.05) is 5.69 Å². The first-order valence-electron chi connectivity index (χ1n) is 7.86. The highest BCUT2D eigenvalue weighted by atomic mass is 32.2. The lowest BCUT2D eigenvalue weighted by molar-refractivity contribution is -0.120. The molecule has 1 aliphatic rings. The summed E-state index contributed by atoms with van der Waals surface area (Å²) in [7, 11) is -3.10. The molecule has 9 heteroatoms. The smallest absolute Gasteiger partial charge is 0.251 e. The van der Waals surface area contributed by atoms with Gasteiger partial charge in [0.05, 0.1) is 28.4 Å². The van der Waals surface area contributed by atoms with Gasteiger partial charge in [-0.1, -0.05) is 11.8 Å². The summed E-state index contributed by atoms with van der Waals surface area (Å²) in [5.41, 5.74) is 7.49. The Kier molecular flexibility index (Phi) is 5.48. The molecular formula is C16H23N3O4S2. The van der Waals surface area contributed by atoms with Gasteiger partial charge in [-0.05, 0) is 45.2 Å². The molecule has 1 atom stereocenters. The van der Waals surface area contributed by atoms with Gasteiger partial charge >= 0.3 is 0 Å². The highest BCUT2D eigenvalue weighted by molar-refractivity contribution is 8.00. The minimum atomic E-state index is -3.10. The quantitative estimate of drug-likeness (QED) is 0.727. The average Bonchev–Trinajstić information content (AvgIpc) is 2.75. The standard InChI is InChI=1S/C16H23N3O4S2/c1-9-10(2)13(14(17)21)15(18-11(9)3)24-7-12(20)19-16(4)5-6-25(22,23)8-16/h5-8H2,1-4H3,(H2,17,21)(H,19,20)/t16-/m1/s1. The van der Waals surface area contributed by atoms with Crippen molar-refractivity contribution in [3.05, 3.63) is 22.4 Å². The Bertz CT molecular complexity index is 836. The first-order chi connectivity index (χ1) is 11.4. The molecule has 1 fully saturated rings. The molecule has 7 nitrogen and oxygen atoms in total. The summed E-state index contributed by atoms with van der Waals surface area (Å²) in [6, 6.07) is 0. The molecule has 1 aromatic rings. The number of rotatable bonds is 5. The average molecular weight is 386 g/mol. The molecule has 0 aliphatic carbocycles. The van der Waals surface area contributed by atoms with Gasteiger partial charge in [0.2, 0.25) is 5.91 Å². The van der Waals surface area contributed by atoms with Crippen LogP contribution in [0.4, 0.5) is 0 Å². The molecule has 1 saturated heterocycles. The van der Waals surface area contributed by atoms with E-state index in [0.29, 0.717) is 17.0 Å². The number of pyridine rings is 1. The molecule has 0 radical (unpaired) electrons. The van der Waals surface area contributed by atoms with Gasteiger partial charge in [0.1, 0.15) is 5.03 Å². The van der Waals surface area contributed by atoms with Crippen LogP contribution in [-0.2, 0) is 14.6 Å². The van der Waals surface area contributed by atoms with E-state index < -0.39 is 21.3 Å². The van der Waals surface area contributed by atoms with Crippen molar-refractivity contribution < 1.29 is 18.0 Å². The van der Waals surface area contributed by atoms with Crippen molar-refractivity contribution >= 4 is 33.4 Å². The number of hydrogen-bond donors (Lipinski definition) is 2. The third kappa shape index (κ3) is 4.52. The monoisotopic (exact) mass is 385 g/mol. The van der Waals surface area contributed by atoms with Gasteiger partial charge in [-0.25, -0.2) is 13.4 Å². The first-order valence-corrected chi connectivity index (χ1v) is 10.7. The maximum Gasteiger partial charge on any atom is 0.251 e. The molecule has 0 unspecified atom stereocenters. The minimum Gasteiger partial charge on any atom is -0.366 e. The van der Waals surface area contributed by atoms with E-state index >= 15 is 0 Å². The molecule has 2 heterocycles. The van der Waals surface area contributed by atoms with Crippen LogP contribution in [0.1, 0.15) is 40.5 Å². The number of carbonyl (C=O) groups is 2. The van der Waals surface area contributed by atoms with E-state index in [9.17, 15) is 18.0 Å². The van der Waals surface area contributed by atoms with E-state index in [1.807, 2.05) is 13.8 Å². The predicted molar refractivity (Wildman–Crippen MR) is 97.5 cm³/mol. The summed E-state index contributed by atoms with van der Waals surface area (Å²) in [4.78, 5) is 28.4. The zero-order chi connectivity index (χ0) is 19.0. The fraction of sp³-hybridized carbons (Fsp3) is 0.562. The third-order valence-corrected chi connectivity index (χ3v) is 7.37. The summed E-state index contributed by atoms with van der Waals surface area (Å²) in [5.74, 6) is -0.808. The number of amides is 2. The number of sulfone groups is 1. The number of hydrogen-bond acceptors (Lipinski definition) is 6. The molecule has 25 heavy (non-hydrogen) atoms. The topological polar surface area (TPSA) is 119 Å². The van der Waals surface area contributed by atoms with Gasteiger partial charge in [0.25, 0.3) is 5.91 Å². The van der Waals surface area contributed by atoms with Crippen molar-refractivity contribution in [2.45, 2.75) is 44.7 Å². The van der Waals surface area contributed by atoms with Crippen LogP contribution >= 0.6 is 11.8 Å². The summed E-state index contributed by atoms with van der Waals surface area (Å²) in [5, 5.41) is 3.21. The van der Waals surface area contributed by atoms with Crippen molar-refractivity contribution in [2.24, 2.45) is 5.73 Å². The number of aryl methyl sites for hydroxylation is 1. The fourth-order valence-corrected chi connectivity index (χ4v) is 5.95. The Morgan fingerprint density at radius 1 is 1.28 bits per heavy atom. The largest absolute Gasteiger partial charge is 0.366 e. The van der Waals surface area contributed by atoms with Crippen LogP contribution in [0.25, 0.3) is 0 Å². The molecule has 3 N–H and O–H groups in total. The summed E-state index contributed by atoms with van der Waals surface area (Å²) in [6.07, 6.45) is 0.402. The minimum absolute atomic E-state index is 0.0326. The molecule has 1 aliphatic heterocycles. The van der Waals surface area contributed by atoms with Crippen molar-refractivity contribution in [1.29, 1.82) is 0 Å². The number of nitrogens with zero attached hydrogens (tertiary/aromatic N) is 1. The fourth-order valence-electron chi connectivity index (χ4n) is 2.92. The Balaban J connectivity index is 2.11. The number of nitrogens with one attached hydrogen (secondary N) is 1. The molecule has 138 valence electrons. The Hall–Kier alpha value is -1.61. The van der Waals surface area contributed by atoms with Crippen LogP contribution in [0, 0.1) is 20.8 Å². The van der Waals surface area contributed by atoms with Gasteiger partial charge in [-0.15, -0.1) is 0 Å². The van der Waals surface area contributed by atoms with Crippen LogP contribution in [0.2, 0.25) is 0 Å². The van der Waals surface area contributed by atoms with Crippen molar-refractivity contribution in [2.75, 3.05) is 17.3 Å². The molecule has 0 saturated carbocycles. The lowest BCUT2D eigenvalue weighted by Crippen LogP contribution is -2.47. The Morgan fingerprint density at radius 2 is 1.92 bits per heavy atom. The summed E-state index contributed by atoms with van der Waals surface area (Å²) >= 11 is 1.13.